The van der Waals surface area contributed by atoms with Gasteiger partial charge in [0.05, 0.1) is 33.2 Å². The molecule has 1 aliphatic heterocycles. The summed E-state index contributed by atoms with van der Waals surface area (Å²) < 4.78 is 2.40. The maximum absolute atomic E-state index is 12.8. The smallest absolute Gasteiger partial charge is 0.268 e. The SMILES string of the molecule is Cc1cccc(-n2c(N)c(C(=O)N3CC[NH+](C)CC3)sc2=S)c1. The van der Waals surface area contributed by atoms with E-state index in [1.165, 1.54) is 16.2 Å². The molecule has 23 heavy (non-hydrogen) atoms. The van der Waals surface area contributed by atoms with Gasteiger partial charge in [0.15, 0.2) is 3.95 Å². The van der Waals surface area contributed by atoms with Crippen LogP contribution in [0.2, 0.25) is 0 Å². The zero-order chi connectivity index (χ0) is 16.6. The van der Waals surface area contributed by atoms with Crippen LogP contribution in [-0.2, 0) is 0 Å². The first-order valence-corrected chi connectivity index (χ1v) is 8.89. The van der Waals surface area contributed by atoms with E-state index < -0.39 is 0 Å². The number of nitrogen functional groups attached to an aromatic ring is 1. The molecule has 3 rings (SSSR count). The van der Waals surface area contributed by atoms with Gasteiger partial charge in [-0.3, -0.25) is 9.36 Å². The van der Waals surface area contributed by atoms with Gasteiger partial charge in [-0.2, -0.15) is 0 Å². The minimum Gasteiger partial charge on any atom is -0.383 e. The lowest BCUT2D eigenvalue weighted by atomic mass is 10.2. The van der Waals surface area contributed by atoms with Gasteiger partial charge in [0.1, 0.15) is 10.7 Å². The number of nitrogens with two attached hydrogens (primary N) is 1. The van der Waals surface area contributed by atoms with Crippen molar-refractivity contribution in [2.45, 2.75) is 6.92 Å². The molecule has 2 heterocycles. The fourth-order valence-electron chi connectivity index (χ4n) is 2.79. The first-order chi connectivity index (χ1) is 11.0. The van der Waals surface area contributed by atoms with Crippen LogP contribution in [0, 0.1) is 10.9 Å². The van der Waals surface area contributed by atoms with Crippen LogP contribution in [0.15, 0.2) is 24.3 Å². The van der Waals surface area contributed by atoms with Crippen LogP contribution >= 0.6 is 23.6 Å². The van der Waals surface area contributed by atoms with Gasteiger partial charge < -0.3 is 15.5 Å². The number of anilines is 1. The summed E-state index contributed by atoms with van der Waals surface area (Å²) >= 11 is 6.75. The predicted octanol–water partition coefficient (Wildman–Crippen LogP) is 1.13. The molecule has 0 saturated carbocycles. The summed E-state index contributed by atoms with van der Waals surface area (Å²) in [4.78, 5) is 16.7. The van der Waals surface area contributed by atoms with Crippen LogP contribution in [0.25, 0.3) is 5.69 Å². The predicted molar refractivity (Wildman–Crippen MR) is 96.2 cm³/mol. The van der Waals surface area contributed by atoms with Crippen molar-refractivity contribution in [1.82, 2.24) is 9.47 Å². The molecule has 1 fully saturated rings. The summed E-state index contributed by atoms with van der Waals surface area (Å²) in [6.07, 6.45) is 0. The monoisotopic (exact) mass is 349 g/mol. The second kappa shape index (κ2) is 6.43. The van der Waals surface area contributed by atoms with Crippen LogP contribution in [0.4, 0.5) is 5.82 Å². The van der Waals surface area contributed by atoms with Crippen molar-refractivity contribution in [1.29, 1.82) is 0 Å². The van der Waals surface area contributed by atoms with Gasteiger partial charge in [-0.05, 0) is 36.8 Å². The van der Waals surface area contributed by atoms with Crippen LogP contribution in [-0.4, -0.2) is 48.6 Å². The number of hydrogen-bond acceptors (Lipinski definition) is 4. The molecule has 3 N–H and O–H groups in total. The quantitative estimate of drug-likeness (QED) is 0.799. The molecule has 1 amide bonds. The normalized spacial score (nSPS) is 15.8. The van der Waals surface area contributed by atoms with Gasteiger partial charge in [-0.25, -0.2) is 0 Å². The van der Waals surface area contributed by atoms with Gasteiger partial charge in [0.25, 0.3) is 5.91 Å². The lowest BCUT2D eigenvalue weighted by molar-refractivity contribution is -0.883. The van der Waals surface area contributed by atoms with E-state index >= 15 is 0 Å². The second-order valence-electron chi connectivity index (χ2n) is 6.01. The molecular formula is C16H21N4OS2+. The van der Waals surface area contributed by atoms with Gasteiger partial charge in [-0.15, -0.1) is 0 Å². The number of amides is 1. The Hall–Kier alpha value is -1.70. The molecule has 0 radical (unpaired) electrons. The van der Waals surface area contributed by atoms with Crippen molar-refractivity contribution in [2.24, 2.45) is 0 Å². The Morgan fingerprint density at radius 1 is 1.35 bits per heavy atom. The molecule has 0 unspecified atom stereocenters. The second-order valence-corrected chi connectivity index (χ2v) is 7.65. The lowest BCUT2D eigenvalue weighted by Crippen LogP contribution is -3.12. The zero-order valence-corrected chi connectivity index (χ0v) is 15.0. The molecule has 0 bridgehead atoms. The molecule has 0 aliphatic carbocycles. The highest BCUT2D eigenvalue weighted by Gasteiger charge is 2.26. The number of carbonyl (C=O) groups is 1. The third-order valence-electron chi connectivity index (χ3n) is 4.20. The maximum atomic E-state index is 12.8. The van der Waals surface area contributed by atoms with Crippen LogP contribution < -0.4 is 10.6 Å². The third-order valence-corrected chi connectivity index (χ3v) is 5.58. The number of quaternary nitrogens is 1. The molecule has 2 aromatic rings. The number of nitrogens with zero attached hydrogens (tertiary/aromatic N) is 2. The fraction of sp³-hybridized carbons (Fsp3) is 0.375. The Morgan fingerprint density at radius 3 is 2.70 bits per heavy atom. The molecule has 0 atom stereocenters. The maximum Gasteiger partial charge on any atom is 0.268 e. The molecule has 7 heteroatoms. The fourth-order valence-corrected chi connectivity index (χ4v) is 4.12. The summed E-state index contributed by atoms with van der Waals surface area (Å²) in [5.74, 6) is 0.444. The van der Waals surface area contributed by atoms with Crippen molar-refractivity contribution < 1.29 is 9.69 Å². The number of piperazine rings is 1. The number of thiazole rings is 1. The molecule has 1 saturated heterocycles. The van der Waals surface area contributed by atoms with E-state index in [2.05, 4.69) is 7.05 Å². The van der Waals surface area contributed by atoms with E-state index in [1.54, 1.807) is 4.57 Å². The number of nitrogens with one attached hydrogen (secondary N) is 1. The minimum atomic E-state index is -0.00231. The van der Waals surface area contributed by atoms with Gasteiger partial charge >= 0.3 is 0 Å². The standard InChI is InChI=1S/C16H20N4OS2/c1-11-4-3-5-12(10-11)20-14(17)13(23-16(20)22)15(21)19-8-6-18(2)7-9-19/h3-5,10H,6-9,17H2,1-2H3/p+1. The van der Waals surface area contributed by atoms with Crippen molar-refractivity contribution in [3.05, 3.63) is 38.7 Å². The average Bonchev–Trinajstić information content (AvgIpc) is 2.82. The Morgan fingerprint density at radius 2 is 2.04 bits per heavy atom. The van der Waals surface area contributed by atoms with E-state index in [1.807, 2.05) is 36.1 Å². The van der Waals surface area contributed by atoms with E-state index in [0.717, 1.165) is 37.4 Å². The summed E-state index contributed by atoms with van der Waals surface area (Å²) in [5, 5.41) is 0. The van der Waals surface area contributed by atoms with Crippen molar-refractivity contribution >= 4 is 35.3 Å². The zero-order valence-electron chi connectivity index (χ0n) is 13.3. The number of aromatic nitrogens is 1. The number of benzene rings is 1. The number of hydrogen-bond donors (Lipinski definition) is 2. The van der Waals surface area contributed by atoms with Crippen molar-refractivity contribution in [3.63, 3.8) is 0 Å². The Labute approximate surface area is 144 Å². The number of aryl methyl sites for hydroxylation is 1. The summed E-state index contributed by atoms with van der Waals surface area (Å²) in [7, 11) is 2.15. The molecule has 122 valence electrons. The lowest BCUT2D eigenvalue weighted by Gasteiger charge is -2.29. The van der Waals surface area contributed by atoms with Gasteiger partial charge in [0, 0.05) is 5.69 Å². The molecule has 0 spiro atoms. The van der Waals surface area contributed by atoms with Crippen molar-refractivity contribution in [3.8, 4) is 5.69 Å². The average molecular weight is 350 g/mol. The molecule has 1 aromatic carbocycles. The molecular weight excluding hydrogens is 328 g/mol. The highest BCUT2D eigenvalue weighted by molar-refractivity contribution is 7.73. The number of carbonyl (C=O) groups excluding carboxylic acids is 1. The van der Waals surface area contributed by atoms with Crippen LogP contribution in [0.5, 0.6) is 0 Å². The molecule has 1 aromatic heterocycles. The Bertz CT molecular complexity index is 788. The molecule has 1 aliphatic rings. The van der Waals surface area contributed by atoms with E-state index in [0.29, 0.717) is 14.6 Å². The highest BCUT2D eigenvalue weighted by Crippen LogP contribution is 2.27. The summed E-state index contributed by atoms with van der Waals surface area (Å²) in [6.45, 7) is 5.48. The van der Waals surface area contributed by atoms with Crippen LogP contribution in [0.1, 0.15) is 15.2 Å². The summed E-state index contributed by atoms with van der Waals surface area (Å²) in [6, 6.07) is 7.97. The Kier molecular flexibility index (Phi) is 4.52. The van der Waals surface area contributed by atoms with E-state index in [9.17, 15) is 4.79 Å². The first-order valence-electron chi connectivity index (χ1n) is 7.66. The number of likely N-dealkylation sites (N-methyl/N-ethyl adjacent to an activating group) is 1. The largest absolute Gasteiger partial charge is 0.383 e. The summed E-state index contributed by atoms with van der Waals surface area (Å²) in [5.41, 5.74) is 8.31. The third kappa shape index (κ3) is 3.17. The van der Waals surface area contributed by atoms with Gasteiger partial charge in [0.2, 0.25) is 0 Å². The first kappa shape index (κ1) is 16.2. The molecule has 5 nitrogen and oxygen atoms in total. The van der Waals surface area contributed by atoms with E-state index in [-0.39, 0.29) is 5.91 Å². The number of rotatable bonds is 2. The Balaban J connectivity index is 1.95. The van der Waals surface area contributed by atoms with Crippen molar-refractivity contribution in [2.75, 3.05) is 39.0 Å². The highest BCUT2D eigenvalue weighted by atomic mass is 32.1. The topological polar surface area (TPSA) is 55.7 Å². The van der Waals surface area contributed by atoms with Gasteiger partial charge in [-0.1, -0.05) is 23.5 Å². The van der Waals surface area contributed by atoms with E-state index in [4.69, 9.17) is 18.0 Å². The minimum absolute atomic E-state index is 0.00231. The van der Waals surface area contributed by atoms with Crippen LogP contribution in [0.3, 0.4) is 0 Å².